The Morgan fingerprint density at radius 3 is 2.77 bits per heavy atom. The van der Waals surface area contributed by atoms with Crippen molar-refractivity contribution in [3.05, 3.63) is 35.9 Å². The van der Waals surface area contributed by atoms with E-state index in [-0.39, 0.29) is 11.8 Å². The van der Waals surface area contributed by atoms with Crippen LogP contribution in [-0.4, -0.2) is 49.4 Å². The van der Waals surface area contributed by atoms with Gasteiger partial charge in [0.25, 0.3) is 5.91 Å². The van der Waals surface area contributed by atoms with Gasteiger partial charge in [0.1, 0.15) is 0 Å². The van der Waals surface area contributed by atoms with Crippen LogP contribution in [0.1, 0.15) is 36.0 Å². The molecule has 1 aromatic rings. The molecule has 0 aromatic heterocycles. The Morgan fingerprint density at radius 1 is 1.27 bits per heavy atom. The lowest BCUT2D eigenvalue weighted by Gasteiger charge is -2.24. The Morgan fingerprint density at radius 2 is 2.05 bits per heavy atom. The van der Waals surface area contributed by atoms with Crippen molar-refractivity contribution in [3.63, 3.8) is 0 Å². The molecular weight excluding hydrogens is 278 g/mol. The Kier molecular flexibility index (Phi) is 6.40. The van der Waals surface area contributed by atoms with E-state index in [1.165, 1.54) is 0 Å². The smallest absolute Gasteiger partial charge is 0.251 e. The molecule has 1 unspecified atom stereocenters. The Labute approximate surface area is 132 Å². The summed E-state index contributed by atoms with van der Waals surface area (Å²) in [7, 11) is 1.92. The van der Waals surface area contributed by atoms with E-state index in [0.717, 1.165) is 25.9 Å². The Hall–Kier alpha value is -1.88. The third-order valence-electron chi connectivity index (χ3n) is 4.03. The summed E-state index contributed by atoms with van der Waals surface area (Å²) in [5.41, 5.74) is 0.655. The first kappa shape index (κ1) is 16.5. The van der Waals surface area contributed by atoms with Gasteiger partial charge in [-0.2, -0.15) is 0 Å². The van der Waals surface area contributed by atoms with Crippen molar-refractivity contribution in [3.8, 4) is 0 Å². The van der Waals surface area contributed by atoms with E-state index in [4.69, 9.17) is 0 Å². The zero-order valence-electron chi connectivity index (χ0n) is 13.2. The standard InChI is InChI=1S/C17H25N3O2/c1-18-13-15-9-6-12-20(15)16(21)10-5-11-19-17(22)14-7-3-2-4-8-14/h2-4,7-8,15,18H,5-6,9-13H2,1H3,(H,19,22). The van der Waals surface area contributed by atoms with Crippen LogP contribution in [0.2, 0.25) is 0 Å². The van der Waals surface area contributed by atoms with Crippen molar-refractivity contribution in [1.29, 1.82) is 0 Å². The number of benzene rings is 1. The third-order valence-corrected chi connectivity index (χ3v) is 4.03. The second kappa shape index (κ2) is 8.54. The van der Waals surface area contributed by atoms with E-state index in [9.17, 15) is 9.59 Å². The number of hydrogen-bond donors (Lipinski definition) is 2. The van der Waals surface area contributed by atoms with Crippen LogP contribution in [0, 0.1) is 0 Å². The maximum Gasteiger partial charge on any atom is 0.251 e. The van der Waals surface area contributed by atoms with Crippen molar-refractivity contribution in [2.24, 2.45) is 0 Å². The minimum atomic E-state index is -0.0812. The first-order valence-corrected chi connectivity index (χ1v) is 7.99. The number of nitrogens with zero attached hydrogens (tertiary/aromatic N) is 1. The number of amides is 2. The molecule has 22 heavy (non-hydrogen) atoms. The van der Waals surface area contributed by atoms with Crippen molar-refractivity contribution in [2.45, 2.75) is 31.7 Å². The summed E-state index contributed by atoms with van der Waals surface area (Å²) in [6, 6.07) is 9.46. The quantitative estimate of drug-likeness (QED) is 0.749. The summed E-state index contributed by atoms with van der Waals surface area (Å²) in [6.07, 6.45) is 3.34. The third kappa shape index (κ3) is 4.56. The fourth-order valence-corrected chi connectivity index (χ4v) is 2.89. The van der Waals surface area contributed by atoms with Crippen LogP contribution < -0.4 is 10.6 Å². The normalized spacial score (nSPS) is 17.5. The fourth-order valence-electron chi connectivity index (χ4n) is 2.89. The van der Waals surface area contributed by atoms with Crippen LogP contribution in [0.3, 0.4) is 0 Å². The van der Waals surface area contributed by atoms with Crippen molar-refractivity contribution in [1.82, 2.24) is 15.5 Å². The predicted octanol–water partition coefficient (Wildman–Crippen LogP) is 1.41. The SMILES string of the molecule is CNCC1CCCN1C(=O)CCCNC(=O)c1ccccc1. The minimum Gasteiger partial charge on any atom is -0.352 e. The molecule has 1 saturated heterocycles. The topological polar surface area (TPSA) is 61.4 Å². The summed E-state index contributed by atoms with van der Waals surface area (Å²) < 4.78 is 0. The fraction of sp³-hybridized carbons (Fsp3) is 0.529. The number of nitrogens with one attached hydrogen (secondary N) is 2. The van der Waals surface area contributed by atoms with Gasteiger partial charge >= 0.3 is 0 Å². The van der Waals surface area contributed by atoms with Gasteiger partial charge in [-0.1, -0.05) is 18.2 Å². The van der Waals surface area contributed by atoms with Gasteiger partial charge in [-0.3, -0.25) is 9.59 Å². The number of likely N-dealkylation sites (tertiary alicyclic amines) is 1. The van der Waals surface area contributed by atoms with Gasteiger partial charge in [-0.25, -0.2) is 0 Å². The van der Waals surface area contributed by atoms with Crippen LogP contribution in [-0.2, 0) is 4.79 Å². The average molecular weight is 303 g/mol. The molecule has 1 atom stereocenters. The summed E-state index contributed by atoms with van der Waals surface area (Å²) in [5, 5.41) is 6.00. The van der Waals surface area contributed by atoms with E-state index in [0.29, 0.717) is 31.0 Å². The number of carbonyl (C=O) groups excluding carboxylic acids is 2. The van der Waals surface area contributed by atoms with E-state index < -0.39 is 0 Å². The highest BCUT2D eigenvalue weighted by atomic mass is 16.2. The number of rotatable bonds is 7. The van der Waals surface area contributed by atoms with Gasteiger partial charge < -0.3 is 15.5 Å². The summed E-state index contributed by atoms with van der Waals surface area (Å²) in [4.78, 5) is 26.1. The lowest BCUT2D eigenvalue weighted by Crippen LogP contribution is -2.41. The second-order valence-electron chi connectivity index (χ2n) is 5.67. The van der Waals surface area contributed by atoms with Gasteiger partial charge in [0.05, 0.1) is 0 Å². The van der Waals surface area contributed by atoms with Crippen molar-refractivity contribution in [2.75, 3.05) is 26.7 Å². The maximum atomic E-state index is 12.2. The van der Waals surface area contributed by atoms with Crippen LogP contribution in [0.4, 0.5) is 0 Å². The number of carbonyl (C=O) groups is 2. The summed E-state index contributed by atoms with van der Waals surface area (Å²) in [6.45, 7) is 2.25. The molecule has 1 aliphatic rings. The molecule has 120 valence electrons. The predicted molar refractivity (Wildman–Crippen MR) is 86.7 cm³/mol. The molecule has 5 nitrogen and oxygen atoms in total. The molecular formula is C17H25N3O2. The highest BCUT2D eigenvalue weighted by molar-refractivity contribution is 5.94. The first-order chi connectivity index (χ1) is 10.7. The zero-order valence-corrected chi connectivity index (χ0v) is 13.2. The van der Waals surface area contributed by atoms with Gasteiger partial charge in [0.2, 0.25) is 5.91 Å². The maximum absolute atomic E-state index is 12.2. The number of hydrogen-bond acceptors (Lipinski definition) is 3. The molecule has 2 rings (SSSR count). The molecule has 5 heteroatoms. The zero-order chi connectivity index (χ0) is 15.8. The molecule has 1 heterocycles. The van der Waals surface area contributed by atoms with Crippen LogP contribution in [0.5, 0.6) is 0 Å². The molecule has 0 aliphatic carbocycles. The summed E-state index contributed by atoms with van der Waals surface area (Å²) in [5.74, 6) is 0.119. The van der Waals surface area contributed by atoms with Gasteiger partial charge in [-0.05, 0) is 38.4 Å². The highest BCUT2D eigenvalue weighted by Gasteiger charge is 2.27. The molecule has 0 bridgehead atoms. The van der Waals surface area contributed by atoms with Gasteiger partial charge in [0.15, 0.2) is 0 Å². The molecule has 0 spiro atoms. The summed E-state index contributed by atoms with van der Waals surface area (Å²) >= 11 is 0. The van der Waals surface area contributed by atoms with E-state index >= 15 is 0 Å². The van der Waals surface area contributed by atoms with E-state index in [1.807, 2.05) is 30.1 Å². The van der Waals surface area contributed by atoms with Crippen molar-refractivity contribution >= 4 is 11.8 Å². The number of likely N-dealkylation sites (N-methyl/N-ethyl adjacent to an activating group) is 1. The Balaban J connectivity index is 1.68. The molecule has 1 fully saturated rings. The first-order valence-electron chi connectivity index (χ1n) is 7.99. The molecule has 2 N–H and O–H groups in total. The van der Waals surface area contributed by atoms with Crippen LogP contribution in [0.25, 0.3) is 0 Å². The molecule has 1 aliphatic heterocycles. The minimum absolute atomic E-state index is 0.0812. The highest BCUT2D eigenvalue weighted by Crippen LogP contribution is 2.17. The van der Waals surface area contributed by atoms with Gasteiger partial charge in [0, 0.05) is 37.7 Å². The molecule has 2 amide bonds. The largest absolute Gasteiger partial charge is 0.352 e. The monoisotopic (exact) mass is 303 g/mol. The molecule has 0 radical (unpaired) electrons. The molecule has 0 saturated carbocycles. The van der Waals surface area contributed by atoms with Crippen molar-refractivity contribution < 1.29 is 9.59 Å². The van der Waals surface area contributed by atoms with Gasteiger partial charge in [-0.15, -0.1) is 0 Å². The van der Waals surface area contributed by atoms with Crippen LogP contribution in [0.15, 0.2) is 30.3 Å². The lowest BCUT2D eigenvalue weighted by atomic mass is 10.2. The lowest BCUT2D eigenvalue weighted by molar-refractivity contribution is -0.132. The average Bonchev–Trinajstić information content (AvgIpc) is 3.01. The Bertz CT molecular complexity index is 490. The molecule has 1 aromatic carbocycles. The van der Waals surface area contributed by atoms with E-state index in [2.05, 4.69) is 10.6 Å². The van der Waals surface area contributed by atoms with Crippen LogP contribution >= 0.6 is 0 Å². The van der Waals surface area contributed by atoms with E-state index in [1.54, 1.807) is 12.1 Å². The second-order valence-corrected chi connectivity index (χ2v) is 5.67.